The van der Waals surface area contributed by atoms with Gasteiger partial charge in [-0.15, -0.1) is 0 Å². The van der Waals surface area contributed by atoms with E-state index in [0.717, 1.165) is 6.42 Å². The summed E-state index contributed by atoms with van der Waals surface area (Å²) in [5.74, 6) is 0. The van der Waals surface area contributed by atoms with Crippen molar-refractivity contribution in [3.63, 3.8) is 0 Å². The molecule has 0 saturated heterocycles. The van der Waals surface area contributed by atoms with Crippen LogP contribution in [0.4, 0.5) is 0 Å². The summed E-state index contributed by atoms with van der Waals surface area (Å²) in [7, 11) is 1.84. The number of ether oxygens (including phenoxy) is 1. The van der Waals surface area contributed by atoms with Gasteiger partial charge in [-0.1, -0.05) is 39.0 Å². The van der Waals surface area contributed by atoms with Crippen molar-refractivity contribution in [2.75, 3.05) is 7.11 Å². The van der Waals surface area contributed by atoms with Crippen LogP contribution in [0.5, 0.6) is 0 Å². The van der Waals surface area contributed by atoms with Crippen LogP contribution in [0.2, 0.25) is 0 Å². The number of hydrogen-bond donors (Lipinski definition) is 1. The fraction of sp³-hybridized carbons (Fsp3) is 1.00. The summed E-state index contributed by atoms with van der Waals surface area (Å²) in [6.45, 7) is 2.25. The van der Waals surface area contributed by atoms with Gasteiger partial charge in [0.1, 0.15) is 0 Å². The van der Waals surface area contributed by atoms with Crippen LogP contribution in [0.3, 0.4) is 0 Å². The Kier molecular flexibility index (Phi) is 6.37. The number of nitrogens with two attached hydrogens (primary N) is 1. The summed E-state index contributed by atoms with van der Waals surface area (Å²) >= 11 is 0. The van der Waals surface area contributed by atoms with Gasteiger partial charge in [0.2, 0.25) is 0 Å². The van der Waals surface area contributed by atoms with E-state index in [1.54, 1.807) is 0 Å². The highest BCUT2D eigenvalue weighted by Gasteiger charge is 2.37. The summed E-state index contributed by atoms with van der Waals surface area (Å²) < 4.78 is 5.61. The van der Waals surface area contributed by atoms with Gasteiger partial charge >= 0.3 is 0 Å². The highest BCUT2D eigenvalue weighted by molar-refractivity contribution is 4.92. The first-order valence-corrected chi connectivity index (χ1v) is 7.03. The van der Waals surface area contributed by atoms with Gasteiger partial charge in [-0.3, -0.25) is 0 Å². The summed E-state index contributed by atoms with van der Waals surface area (Å²) in [5.41, 5.74) is 6.34. The van der Waals surface area contributed by atoms with E-state index < -0.39 is 0 Å². The van der Waals surface area contributed by atoms with Gasteiger partial charge in [0.25, 0.3) is 0 Å². The zero-order valence-electron chi connectivity index (χ0n) is 11.1. The molecule has 0 spiro atoms. The summed E-state index contributed by atoms with van der Waals surface area (Å²) in [5, 5.41) is 0. The van der Waals surface area contributed by atoms with E-state index in [4.69, 9.17) is 10.5 Å². The predicted molar refractivity (Wildman–Crippen MR) is 69.6 cm³/mol. The van der Waals surface area contributed by atoms with Crippen LogP contribution in [0, 0.1) is 0 Å². The minimum Gasteiger partial charge on any atom is -0.378 e. The maximum Gasteiger partial charge on any atom is 0.0693 e. The van der Waals surface area contributed by atoms with Gasteiger partial charge in [-0.25, -0.2) is 0 Å². The van der Waals surface area contributed by atoms with Crippen molar-refractivity contribution in [2.45, 2.75) is 82.8 Å². The van der Waals surface area contributed by atoms with Crippen LogP contribution in [-0.2, 0) is 4.74 Å². The lowest BCUT2D eigenvalue weighted by atomic mass is 9.75. The van der Waals surface area contributed by atoms with E-state index in [1.807, 2.05) is 7.11 Å². The van der Waals surface area contributed by atoms with Gasteiger partial charge in [0, 0.05) is 13.2 Å². The minimum atomic E-state index is 0.156. The Hall–Kier alpha value is -0.0800. The van der Waals surface area contributed by atoms with Crippen molar-refractivity contribution in [3.05, 3.63) is 0 Å². The summed E-state index contributed by atoms with van der Waals surface area (Å²) in [6, 6.07) is 0.349. The number of hydrogen-bond acceptors (Lipinski definition) is 2. The molecule has 0 aromatic rings. The fourth-order valence-electron chi connectivity index (χ4n) is 2.65. The highest BCUT2D eigenvalue weighted by atomic mass is 16.5. The van der Waals surface area contributed by atoms with E-state index in [-0.39, 0.29) is 5.60 Å². The smallest absolute Gasteiger partial charge is 0.0693 e. The van der Waals surface area contributed by atoms with Gasteiger partial charge < -0.3 is 10.5 Å². The zero-order valence-corrected chi connectivity index (χ0v) is 11.1. The molecular weight excluding hydrogens is 198 g/mol. The van der Waals surface area contributed by atoms with Crippen LogP contribution in [-0.4, -0.2) is 18.8 Å². The van der Waals surface area contributed by atoms with Gasteiger partial charge in [0.05, 0.1) is 5.60 Å². The van der Waals surface area contributed by atoms with Crippen molar-refractivity contribution in [3.8, 4) is 0 Å². The molecule has 0 heterocycles. The largest absolute Gasteiger partial charge is 0.378 e. The number of unbranched alkanes of at least 4 members (excludes halogenated alkanes) is 4. The van der Waals surface area contributed by atoms with E-state index >= 15 is 0 Å². The Morgan fingerprint density at radius 1 is 1.19 bits per heavy atom. The van der Waals surface area contributed by atoms with Gasteiger partial charge in [0.15, 0.2) is 0 Å². The molecule has 0 radical (unpaired) electrons. The average molecular weight is 227 g/mol. The van der Waals surface area contributed by atoms with E-state index in [1.165, 1.54) is 57.8 Å². The molecule has 16 heavy (non-hydrogen) atoms. The molecular formula is C14H29NO. The Labute approximate surface area is 101 Å². The van der Waals surface area contributed by atoms with E-state index in [0.29, 0.717) is 6.04 Å². The van der Waals surface area contributed by atoms with Crippen molar-refractivity contribution in [2.24, 2.45) is 5.73 Å². The van der Waals surface area contributed by atoms with Crippen LogP contribution in [0.1, 0.15) is 71.1 Å². The second-order valence-electron chi connectivity index (χ2n) is 5.41. The van der Waals surface area contributed by atoms with Gasteiger partial charge in [-0.2, -0.15) is 0 Å². The molecule has 1 unspecified atom stereocenters. The van der Waals surface area contributed by atoms with Crippen molar-refractivity contribution < 1.29 is 4.74 Å². The quantitative estimate of drug-likeness (QED) is 0.610. The second kappa shape index (κ2) is 7.29. The van der Waals surface area contributed by atoms with Crippen LogP contribution >= 0.6 is 0 Å². The molecule has 1 aliphatic carbocycles. The molecule has 0 bridgehead atoms. The Bertz CT molecular complexity index is 172. The summed E-state index contributed by atoms with van der Waals surface area (Å²) in [4.78, 5) is 0. The lowest BCUT2D eigenvalue weighted by Crippen LogP contribution is -2.44. The first-order valence-electron chi connectivity index (χ1n) is 7.03. The molecule has 2 heteroatoms. The number of rotatable bonds is 9. The normalized spacial score (nSPS) is 20.4. The molecule has 1 saturated carbocycles. The average Bonchev–Trinajstić information content (AvgIpc) is 2.23. The Morgan fingerprint density at radius 3 is 2.38 bits per heavy atom. The molecule has 2 N–H and O–H groups in total. The highest BCUT2D eigenvalue weighted by Crippen LogP contribution is 2.39. The zero-order chi connectivity index (χ0) is 11.9. The third-order valence-corrected chi connectivity index (χ3v) is 4.01. The second-order valence-corrected chi connectivity index (χ2v) is 5.41. The lowest BCUT2D eigenvalue weighted by Gasteiger charge is -2.42. The lowest BCUT2D eigenvalue weighted by molar-refractivity contribution is -0.0818. The molecule has 1 atom stereocenters. The molecule has 2 nitrogen and oxygen atoms in total. The topological polar surface area (TPSA) is 35.2 Å². The molecule has 1 aliphatic rings. The predicted octanol–water partition coefficient (Wildman–Crippen LogP) is 3.63. The third-order valence-electron chi connectivity index (χ3n) is 4.01. The molecule has 0 aliphatic heterocycles. The molecule has 0 amide bonds. The maximum atomic E-state index is 6.18. The Morgan fingerprint density at radius 2 is 1.88 bits per heavy atom. The van der Waals surface area contributed by atoms with Crippen molar-refractivity contribution in [1.29, 1.82) is 0 Å². The van der Waals surface area contributed by atoms with Crippen LogP contribution in [0.25, 0.3) is 0 Å². The molecule has 96 valence electrons. The molecule has 1 rings (SSSR count). The standard InChI is InChI=1S/C14H29NO/c1-3-4-5-6-7-9-13(15)12-14(16-2)10-8-11-14/h13H,3-12,15H2,1-2H3. The minimum absolute atomic E-state index is 0.156. The van der Waals surface area contributed by atoms with Crippen molar-refractivity contribution >= 4 is 0 Å². The SMILES string of the molecule is CCCCCCCC(N)CC1(OC)CCC1. The van der Waals surface area contributed by atoms with E-state index in [2.05, 4.69) is 6.92 Å². The van der Waals surface area contributed by atoms with E-state index in [9.17, 15) is 0 Å². The maximum absolute atomic E-state index is 6.18. The Balaban J connectivity index is 2.04. The third kappa shape index (κ3) is 4.42. The number of methoxy groups -OCH3 is 1. The molecule has 1 fully saturated rings. The molecule has 0 aromatic heterocycles. The monoisotopic (exact) mass is 227 g/mol. The first-order chi connectivity index (χ1) is 7.72. The molecule has 0 aromatic carbocycles. The summed E-state index contributed by atoms with van der Waals surface area (Å²) in [6.07, 6.45) is 12.7. The fourth-order valence-corrected chi connectivity index (χ4v) is 2.65. The van der Waals surface area contributed by atoms with Crippen LogP contribution < -0.4 is 5.73 Å². The van der Waals surface area contributed by atoms with Crippen LogP contribution in [0.15, 0.2) is 0 Å². The van der Waals surface area contributed by atoms with Crippen molar-refractivity contribution in [1.82, 2.24) is 0 Å². The van der Waals surface area contributed by atoms with Gasteiger partial charge in [-0.05, 0) is 32.1 Å². The first kappa shape index (κ1) is 14.0.